The van der Waals surface area contributed by atoms with Crippen molar-refractivity contribution < 1.29 is 5.11 Å². The molecule has 0 aromatic carbocycles. The van der Waals surface area contributed by atoms with Crippen LogP contribution in [-0.2, 0) is 6.54 Å². The van der Waals surface area contributed by atoms with Crippen molar-refractivity contribution in [2.24, 2.45) is 0 Å². The van der Waals surface area contributed by atoms with Gasteiger partial charge in [0.2, 0.25) is 0 Å². The van der Waals surface area contributed by atoms with Crippen LogP contribution in [0.3, 0.4) is 0 Å². The Morgan fingerprint density at radius 1 is 1.35 bits per heavy atom. The van der Waals surface area contributed by atoms with Crippen LogP contribution >= 0.6 is 34.5 Å². The van der Waals surface area contributed by atoms with Crippen molar-refractivity contribution in [1.82, 2.24) is 15.3 Å². The molecule has 2 aromatic rings. The Kier molecular flexibility index (Phi) is 5.35. The van der Waals surface area contributed by atoms with Crippen LogP contribution in [-0.4, -0.2) is 21.7 Å². The maximum Gasteiger partial charge on any atom is 0.135 e. The summed E-state index contributed by atoms with van der Waals surface area (Å²) in [5.41, 5.74) is 2.80. The highest BCUT2D eigenvalue weighted by Crippen LogP contribution is 2.23. The summed E-state index contributed by atoms with van der Waals surface area (Å²) in [5, 5.41) is 16.3. The first-order chi connectivity index (χ1) is 9.51. The van der Waals surface area contributed by atoms with Gasteiger partial charge in [0.15, 0.2) is 0 Å². The van der Waals surface area contributed by atoms with Gasteiger partial charge in [-0.05, 0) is 25.5 Å². The van der Waals surface area contributed by atoms with Gasteiger partial charge in [-0.3, -0.25) is 0 Å². The number of nitrogens with zero attached hydrogens (tertiary/aromatic N) is 2. The lowest BCUT2D eigenvalue weighted by Crippen LogP contribution is -2.24. The third-order valence-corrected chi connectivity index (χ3v) is 4.49. The number of nitrogens with one attached hydrogen (secondary N) is 1. The van der Waals surface area contributed by atoms with E-state index in [2.05, 4.69) is 15.3 Å². The highest BCUT2D eigenvalue weighted by molar-refractivity contribution is 7.09. The van der Waals surface area contributed by atoms with Gasteiger partial charge in [0.05, 0.1) is 12.6 Å². The Morgan fingerprint density at radius 2 is 2.10 bits per heavy atom. The number of aromatic nitrogens is 2. The molecule has 0 aliphatic heterocycles. The zero-order valence-electron chi connectivity index (χ0n) is 11.2. The van der Waals surface area contributed by atoms with Crippen molar-refractivity contribution in [3.63, 3.8) is 0 Å². The van der Waals surface area contributed by atoms with E-state index >= 15 is 0 Å². The molecule has 20 heavy (non-hydrogen) atoms. The zero-order chi connectivity index (χ0) is 14.7. The second kappa shape index (κ2) is 6.83. The van der Waals surface area contributed by atoms with Crippen LogP contribution in [0, 0.1) is 13.8 Å². The van der Waals surface area contributed by atoms with Gasteiger partial charge < -0.3 is 10.4 Å². The molecular weight excluding hydrogens is 317 g/mol. The van der Waals surface area contributed by atoms with Gasteiger partial charge in [0.1, 0.15) is 15.3 Å². The summed E-state index contributed by atoms with van der Waals surface area (Å²) in [5.74, 6) is 0. The van der Waals surface area contributed by atoms with Gasteiger partial charge in [-0.2, -0.15) is 0 Å². The second-order valence-corrected chi connectivity index (χ2v) is 6.11. The van der Waals surface area contributed by atoms with Crippen molar-refractivity contribution >= 4 is 34.5 Å². The lowest BCUT2D eigenvalue weighted by molar-refractivity contribution is 0.243. The topological polar surface area (TPSA) is 58.0 Å². The molecule has 1 atom stereocenters. The molecule has 2 rings (SSSR count). The summed E-state index contributed by atoms with van der Waals surface area (Å²) in [6.45, 7) is 4.33. The molecule has 0 fully saturated rings. The molecule has 0 amide bonds. The minimum atomic E-state index is -0.208. The third kappa shape index (κ3) is 3.68. The number of rotatable bonds is 5. The summed E-state index contributed by atoms with van der Waals surface area (Å²) in [6.07, 6.45) is 0. The number of aliphatic hydroxyl groups excluding tert-OH is 1. The van der Waals surface area contributed by atoms with E-state index in [9.17, 15) is 5.11 Å². The minimum absolute atomic E-state index is 0.0232. The van der Waals surface area contributed by atoms with E-state index in [0.717, 1.165) is 21.8 Å². The van der Waals surface area contributed by atoms with Crippen LogP contribution in [0.15, 0.2) is 11.4 Å². The quantitative estimate of drug-likeness (QED) is 0.825. The summed E-state index contributed by atoms with van der Waals surface area (Å²) in [6, 6.07) is 1.56. The number of pyridine rings is 1. The van der Waals surface area contributed by atoms with Crippen LogP contribution in [0.25, 0.3) is 0 Å². The second-order valence-electron chi connectivity index (χ2n) is 4.47. The Hall–Kier alpha value is -0.720. The lowest BCUT2D eigenvalue weighted by atomic mass is 10.1. The van der Waals surface area contributed by atoms with Crippen molar-refractivity contribution in [2.75, 3.05) is 6.61 Å². The summed E-state index contributed by atoms with van der Waals surface area (Å²) in [4.78, 5) is 8.41. The van der Waals surface area contributed by atoms with E-state index in [4.69, 9.17) is 23.2 Å². The highest BCUT2D eigenvalue weighted by Gasteiger charge is 2.15. The van der Waals surface area contributed by atoms with Crippen LogP contribution in [0.2, 0.25) is 10.3 Å². The smallest absolute Gasteiger partial charge is 0.135 e. The number of hydrogen-bond acceptors (Lipinski definition) is 5. The first kappa shape index (κ1) is 15.7. The molecule has 4 nitrogen and oxygen atoms in total. The van der Waals surface area contributed by atoms with Gasteiger partial charge in [-0.15, -0.1) is 11.3 Å². The normalized spacial score (nSPS) is 12.7. The van der Waals surface area contributed by atoms with E-state index in [1.54, 1.807) is 6.07 Å². The fourth-order valence-corrected chi connectivity index (χ4v) is 3.28. The average Bonchev–Trinajstić information content (AvgIpc) is 2.79. The maximum absolute atomic E-state index is 9.48. The molecule has 0 radical (unpaired) electrons. The molecule has 108 valence electrons. The Bertz CT molecular complexity index is 580. The summed E-state index contributed by atoms with van der Waals surface area (Å²) < 4.78 is 0. The molecule has 0 spiro atoms. The van der Waals surface area contributed by atoms with Gasteiger partial charge in [0, 0.05) is 23.2 Å². The molecule has 1 unspecified atom stereocenters. The fourth-order valence-electron chi connectivity index (χ4n) is 1.82. The first-order valence-corrected chi connectivity index (χ1v) is 7.72. The summed E-state index contributed by atoms with van der Waals surface area (Å²) >= 11 is 13.5. The van der Waals surface area contributed by atoms with Crippen LogP contribution in [0.1, 0.15) is 27.9 Å². The monoisotopic (exact) mass is 331 g/mol. The summed E-state index contributed by atoms with van der Waals surface area (Å²) in [7, 11) is 0. The standard InChI is InChI=1S/C13H15Cl2N3OS/c1-7-3-11(14)18-12(15)9(7)4-16-10(5-19)13-17-8(2)6-20-13/h3,6,10,16,19H,4-5H2,1-2H3. The van der Waals surface area contributed by atoms with Crippen molar-refractivity contribution in [2.45, 2.75) is 26.4 Å². The lowest BCUT2D eigenvalue weighted by Gasteiger charge is -2.15. The SMILES string of the molecule is Cc1csc(C(CO)NCc2c(C)cc(Cl)nc2Cl)n1. The number of halogens is 2. The molecule has 2 heterocycles. The molecule has 0 aliphatic rings. The molecule has 0 aliphatic carbocycles. The van der Waals surface area contributed by atoms with Crippen molar-refractivity contribution in [1.29, 1.82) is 0 Å². The van der Waals surface area contributed by atoms with Crippen molar-refractivity contribution in [3.05, 3.63) is 43.6 Å². The van der Waals surface area contributed by atoms with E-state index < -0.39 is 0 Å². The number of thiazole rings is 1. The minimum Gasteiger partial charge on any atom is -0.394 e. The molecule has 0 saturated heterocycles. The predicted octanol–water partition coefficient (Wildman–Crippen LogP) is 3.28. The van der Waals surface area contributed by atoms with Gasteiger partial charge in [0.25, 0.3) is 0 Å². The van der Waals surface area contributed by atoms with Crippen LogP contribution in [0.5, 0.6) is 0 Å². The molecule has 2 aromatic heterocycles. The van der Waals surface area contributed by atoms with Crippen molar-refractivity contribution in [3.8, 4) is 0 Å². The zero-order valence-corrected chi connectivity index (χ0v) is 13.5. The maximum atomic E-state index is 9.48. The number of aryl methyl sites for hydroxylation is 2. The van der Waals surface area contributed by atoms with Crippen LogP contribution in [0.4, 0.5) is 0 Å². The third-order valence-electron chi connectivity index (χ3n) is 2.91. The van der Waals surface area contributed by atoms with E-state index in [1.165, 1.54) is 11.3 Å². The Morgan fingerprint density at radius 3 is 2.65 bits per heavy atom. The number of hydrogen-bond donors (Lipinski definition) is 2. The Balaban J connectivity index is 2.11. The fraction of sp³-hybridized carbons (Fsp3) is 0.385. The predicted molar refractivity (Wildman–Crippen MR) is 82.5 cm³/mol. The highest BCUT2D eigenvalue weighted by atomic mass is 35.5. The van der Waals surface area contributed by atoms with Gasteiger partial charge in [-0.1, -0.05) is 23.2 Å². The number of aliphatic hydroxyl groups is 1. The average molecular weight is 332 g/mol. The molecule has 2 N–H and O–H groups in total. The molecule has 0 bridgehead atoms. The van der Waals surface area contributed by atoms with Gasteiger partial charge >= 0.3 is 0 Å². The first-order valence-electron chi connectivity index (χ1n) is 6.09. The molecular formula is C13H15Cl2N3OS. The van der Waals surface area contributed by atoms with Gasteiger partial charge in [-0.25, -0.2) is 9.97 Å². The Labute approximate surface area is 131 Å². The van der Waals surface area contributed by atoms with E-state index in [1.807, 2.05) is 19.2 Å². The van der Waals surface area contributed by atoms with E-state index in [0.29, 0.717) is 16.9 Å². The molecule has 0 saturated carbocycles. The largest absolute Gasteiger partial charge is 0.394 e. The molecule has 7 heteroatoms. The van der Waals surface area contributed by atoms with E-state index in [-0.39, 0.29) is 12.6 Å². The van der Waals surface area contributed by atoms with Crippen LogP contribution < -0.4 is 5.32 Å².